The molecule has 1 aromatic carbocycles. The Hall–Kier alpha value is -2.08. The fourth-order valence-corrected chi connectivity index (χ4v) is 2.74. The first kappa shape index (κ1) is 13.9. The van der Waals surface area contributed by atoms with E-state index in [1.165, 1.54) is 0 Å². The number of nitrogens with zero attached hydrogens (tertiary/aromatic N) is 2. The number of benzene rings is 1. The van der Waals surface area contributed by atoms with Crippen LogP contribution < -0.4 is 5.32 Å². The van der Waals surface area contributed by atoms with Crippen molar-refractivity contribution in [3.05, 3.63) is 35.9 Å². The smallest absolute Gasteiger partial charge is 0.408 e. The van der Waals surface area contributed by atoms with E-state index in [1.807, 2.05) is 37.4 Å². The van der Waals surface area contributed by atoms with E-state index in [-0.39, 0.29) is 5.91 Å². The lowest BCUT2D eigenvalue weighted by Crippen LogP contribution is -2.53. The molecule has 2 saturated heterocycles. The van der Waals surface area contributed by atoms with Crippen molar-refractivity contribution in [3.8, 4) is 0 Å². The van der Waals surface area contributed by atoms with Gasteiger partial charge in [0.1, 0.15) is 0 Å². The highest BCUT2D eigenvalue weighted by Gasteiger charge is 2.42. The Bertz CT molecular complexity index is 526. The Balaban J connectivity index is 1.76. The maximum atomic E-state index is 12.6. The van der Waals surface area contributed by atoms with Crippen molar-refractivity contribution < 1.29 is 14.3 Å². The second-order valence-electron chi connectivity index (χ2n) is 5.49. The summed E-state index contributed by atoms with van der Waals surface area (Å²) >= 11 is 0. The minimum Gasteiger partial charge on any atom is -0.439 e. The van der Waals surface area contributed by atoms with Gasteiger partial charge in [0.05, 0.1) is 0 Å². The number of ether oxygens (including phenoxy) is 1. The van der Waals surface area contributed by atoms with Crippen LogP contribution in [0.3, 0.4) is 0 Å². The number of nitrogens with one attached hydrogen (secondary N) is 1. The minimum atomic E-state index is -0.636. The highest BCUT2D eigenvalue weighted by Crippen LogP contribution is 2.27. The Morgan fingerprint density at radius 2 is 1.86 bits per heavy atom. The number of carbonyl (C=O) groups is 2. The van der Waals surface area contributed by atoms with E-state index in [1.54, 1.807) is 4.90 Å². The SMILES string of the molecule is CN1CCN(C(=O)C2NC(=O)OC2c2ccccc2)CC1. The summed E-state index contributed by atoms with van der Waals surface area (Å²) in [5, 5.41) is 2.64. The number of carbonyl (C=O) groups excluding carboxylic acids is 2. The van der Waals surface area contributed by atoms with Gasteiger partial charge in [-0.15, -0.1) is 0 Å². The number of piperazine rings is 1. The molecular weight excluding hydrogens is 270 g/mol. The summed E-state index contributed by atoms with van der Waals surface area (Å²) in [4.78, 5) is 28.2. The predicted molar refractivity (Wildman–Crippen MR) is 76.7 cm³/mol. The molecule has 6 heteroatoms. The van der Waals surface area contributed by atoms with Gasteiger partial charge in [-0.25, -0.2) is 4.79 Å². The summed E-state index contributed by atoms with van der Waals surface area (Å²) in [6.07, 6.45) is -1.08. The van der Waals surface area contributed by atoms with Crippen molar-refractivity contribution >= 4 is 12.0 Å². The van der Waals surface area contributed by atoms with Crippen molar-refractivity contribution in [1.29, 1.82) is 0 Å². The molecule has 2 atom stereocenters. The van der Waals surface area contributed by atoms with Gasteiger partial charge in [-0.2, -0.15) is 0 Å². The molecule has 0 bridgehead atoms. The highest BCUT2D eigenvalue weighted by atomic mass is 16.6. The number of likely N-dealkylation sites (N-methyl/N-ethyl adjacent to an activating group) is 1. The molecule has 2 unspecified atom stereocenters. The van der Waals surface area contributed by atoms with Gasteiger partial charge in [-0.1, -0.05) is 30.3 Å². The molecule has 0 saturated carbocycles. The molecule has 0 radical (unpaired) electrons. The fourth-order valence-electron chi connectivity index (χ4n) is 2.74. The molecule has 0 aliphatic carbocycles. The molecule has 1 N–H and O–H groups in total. The van der Waals surface area contributed by atoms with Gasteiger partial charge in [0.15, 0.2) is 12.1 Å². The summed E-state index contributed by atoms with van der Waals surface area (Å²) in [5.74, 6) is -0.0668. The Morgan fingerprint density at radius 3 is 2.52 bits per heavy atom. The summed E-state index contributed by atoms with van der Waals surface area (Å²) in [7, 11) is 2.04. The van der Waals surface area contributed by atoms with Gasteiger partial charge in [0.2, 0.25) is 5.91 Å². The molecule has 0 spiro atoms. The van der Waals surface area contributed by atoms with Gasteiger partial charge >= 0.3 is 6.09 Å². The molecule has 2 heterocycles. The molecule has 3 rings (SSSR count). The highest BCUT2D eigenvalue weighted by molar-refractivity contribution is 5.89. The quantitative estimate of drug-likeness (QED) is 0.866. The van der Waals surface area contributed by atoms with E-state index < -0.39 is 18.2 Å². The second-order valence-corrected chi connectivity index (χ2v) is 5.49. The standard InChI is InChI=1S/C15H19N3O3/c1-17-7-9-18(10-8-17)14(19)12-13(21-15(20)16-12)11-5-3-2-4-6-11/h2-6,12-13H,7-10H2,1H3,(H,16,20). The van der Waals surface area contributed by atoms with Crippen LogP contribution in [0.15, 0.2) is 30.3 Å². The van der Waals surface area contributed by atoms with Crippen LogP contribution in [0, 0.1) is 0 Å². The Labute approximate surface area is 123 Å². The molecule has 2 amide bonds. The lowest BCUT2D eigenvalue weighted by molar-refractivity contribution is -0.136. The Morgan fingerprint density at radius 1 is 1.19 bits per heavy atom. The normalized spacial score (nSPS) is 26.3. The topological polar surface area (TPSA) is 61.9 Å². The van der Waals surface area contributed by atoms with Crippen LogP contribution in [0.2, 0.25) is 0 Å². The minimum absolute atomic E-state index is 0.0668. The van der Waals surface area contributed by atoms with Gasteiger partial charge in [0.25, 0.3) is 0 Å². The zero-order valence-corrected chi connectivity index (χ0v) is 12.0. The summed E-state index contributed by atoms with van der Waals surface area (Å²) in [5.41, 5.74) is 0.836. The van der Waals surface area contributed by atoms with E-state index in [0.29, 0.717) is 13.1 Å². The van der Waals surface area contributed by atoms with Crippen molar-refractivity contribution in [1.82, 2.24) is 15.1 Å². The lowest BCUT2D eigenvalue weighted by Gasteiger charge is -2.34. The van der Waals surface area contributed by atoms with Crippen molar-refractivity contribution in [3.63, 3.8) is 0 Å². The number of hydrogen-bond donors (Lipinski definition) is 1. The average Bonchev–Trinajstić information content (AvgIpc) is 2.90. The first-order chi connectivity index (χ1) is 10.1. The second kappa shape index (κ2) is 5.73. The third kappa shape index (κ3) is 2.85. The number of cyclic esters (lactones) is 1. The van der Waals surface area contributed by atoms with Crippen molar-refractivity contribution in [2.45, 2.75) is 12.1 Å². The van der Waals surface area contributed by atoms with Gasteiger partial charge < -0.3 is 19.9 Å². The first-order valence-electron chi connectivity index (χ1n) is 7.14. The van der Waals surface area contributed by atoms with Crippen LogP contribution in [0.4, 0.5) is 4.79 Å². The van der Waals surface area contributed by atoms with Gasteiger partial charge in [-0.3, -0.25) is 4.79 Å². The van der Waals surface area contributed by atoms with Crippen LogP contribution in [0.25, 0.3) is 0 Å². The molecule has 2 aliphatic heterocycles. The predicted octanol–water partition coefficient (Wildman–Crippen LogP) is 0.610. The summed E-state index contributed by atoms with van der Waals surface area (Å²) in [6.45, 7) is 3.07. The fraction of sp³-hybridized carbons (Fsp3) is 0.467. The molecule has 2 fully saturated rings. The zero-order valence-electron chi connectivity index (χ0n) is 12.0. The Kier molecular flexibility index (Phi) is 3.79. The maximum absolute atomic E-state index is 12.6. The van der Waals surface area contributed by atoms with Crippen LogP contribution in [0.1, 0.15) is 11.7 Å². The van der Waals surface area contributed by atoms with Gasteiger partial charge in [0, 0.05) is 26.2 Å². The molecule has 2 aliphatic rings. The number of amides is 2. The summed E-state index contributed by atoms with van der Waals surface area (Å²) < 4.78 is 5.29. The molecule has 112 valence electrons. The third-order valence-corrected chi connectivity index (χ3v) is 4.02. The molecule has 6 nitrogen and oxygen atoms in total. The van der Waals surface area contributed by atoms with Crippen LogP contribution in [-0.4, -0.2) is 61.1 Å². The third-order valence-electron chi connectivity index (χ3n) is 4.02. The van der Waals surface area contributed by atoms with E-state index in [4.69, 9.17) is 4.74 Å². The van der Waals surface area contributed by atoms with Gasteiger partial charge in [-0.05, 0) is 12.6 Å². The first-order valence-corrected chi connectivity index (χ1v) is 7.14. The van der Waals surface area contributed by atoms with Crippen LogP contribution >= 0.6 is 0 Å². The van der Waals surface area contributed by atoms with E-state index in [2.05, 4.69) is 10.2 Å². The molecule has 1 aromatic rings. The monoisotopic (exact) mass is 289 g/mol. The number of alkyl carbamates (subject to hydrolysis) is 1. The maximum Gasteiger partial charge on any atom is 0.408 e. The van der Waals surface area contributed by atoms with E-state index in [9.17, 15) is 9.59 Å². The number of hydrogen-bond acceptors (Lipinski definition) is 4. The van der Waals surface area contributed by atoms with Crippen molar-refractivity contribution in [2.75, 3.05) is 33.2 Å². The summed E-state index contributed by atoms with van der Waals surface area (Å²) in [6, 6.07) is 8.75. The largest absolute Gasteiger partial charge is 0.439 e. The number of rotatable bonds is 2. The lowest BCUT2D eigenvalue weighted by atomic mass is 10.0. The zero-order chi connectivity index (χ0) is 14.8. The van der Waals surface area contributed by atoms with Crippen molar-refractivity contribution in [2.24, 2.45) is 0 Å². The van der Waals surface area contributed by atoms with Crippen LogP contribution in [0.5, 0.6) is 0 Å². The molecule has 21 heavy (non-hydrogen) atoms. The molecular formula is C15H19N3O3. The van der Waals surface area contributed by atoms with Crippen LogP contribution in [-0.2, 0) is 9.53 Å². The van der Waals surface area contributed by atoms with E-state index in [0.717, 1.165) is 18.7 Å². The molecule has 0 aromatic heterocycles. The van der Waals surface area contributed by atoms with E-state index >= 15 is 0 Å². The average molecular weight is 289 g/mol.